The van der Waals surface area contributed by atoms with E-state index in [0.29, 0.717) is 5.82 Å². The Balaban J connectivity index is 1.77. The predicted molar refractivity (Wildman–Crippen MR) is 68.3 cm³/mol. The molecular weight excluding hydrogens is 198 g/mol. The molecule has 2 rings (SSSR count). The van der Waals surface area contributed by atoms with Gasteiger partial charge in [0.25, 0.3) is 0 Å². The Morgan fingerprint density at radius 1 is 1.31 bits per heavy atom. The molecule has 1 heterocycles. The zero-order valence-electron chi connectivity index (χ0n) is 9.95. The quantitative estimate of drug-likeness (QED) is 0.821. The molecule has 1 aliphatic rings. The third-order valence-electron chi connectivity index (χ3n) is 3.52. The van der Waals surface area contributed by atoms with Gasteiger partial charge in [-0.15, -0.1) is 0 Å². The summed E-state index contributed by atoms with van der Waals surface area (Å²) in [5.74, 6) is 2.33. The lowest BCUT2D eigenvalue weighted by Gasteiger charge is -2.26. The largest absolute Gasteiger partial charge is 0.384 e. The van der Waals surface area contributed by atoms with Crippen LogP contribution in [-0.4, -0.2) is 11.5 Å². The van der Waals surface area contributed by atoms with Gasteiger partial charge in [0.1, 0.15) is 5.82 Å². The summed E-state index contributed by atoms with van der Waals surface area (Å²) in [6, 6.07) is 3.83. The van der Waals surface area contributed by atoms with E-state index in [0.717, 1.165) is 24.1 Å². The van der Waals surface area contributed by atoms with Crippen LogP contribution in [0.2, 0.25) is 0 Å². The Hall–Kier alpha value is -1.25. The molecule has 1 saturated carbocycles. The number of nitrogens with two attached hydrogens (primary N) is 1. The van der Waals surface area contributed by atoms with Crippen molar-refractivity contribution in [3.63, 3.8) is 0 Å². The van der Waals surface area contributed by atoms with Crippen LogP contribution in [0.5, 0.6) is 0 Å². The molecule has 3 heteroatoms. The highest BCUT2D eigenvalue weighted by atomic mass is 14.9. The van der Waals surface area contributed by atoms with Gasteiger partial charge in [0.2, 0.25) is 0 Å². The molecule has 16 heavy (non-hydrogen) atoms. The van der Waals surface area contributed by atoms with Crippen molar-refractivity contribution in [1.29, 1.82) is 0 Å². The molecular formula is C13H21N3. The van der Waals surface area contributed by atoms with E-state index >= 15 is 0 Å². The molecule has 1 fully saturated rings. The Kier molecular flexibility index (Phi) is 3.65. The van der Waals surface area contributed by atoms with Gasteiger partial charge in [0.15, 0.2) is 0 Å². The van der Waals surface area contributed by atoms with E-state index < -0.39 is 0 Å². The van der Waals surface area contributed by atoms with Crippen molar-refractivity contribution < 1.29 is 0 Å². The van der Waals surface area contributed by atoms with E-state index in [-0.39, 0.29) is 0 Å². The Morgan fingerprint density at radius 2 is 2.06 bits per heavy atom. The molecule has 3 N–H and O–H groups in total. The molecule has 1 aromatic heterocycles. The van der Waals surface area contributed by atoms with Crippen LogP contribution < -0.4 is 11.1 Å². The second-order valence-electron chi connectivity index (χ2n) is 4.98. The van der Waals surface area contributed by atoms with Crippen molar-refractivity contribution in [3.05, 3.63) is 18.3 Å². The Morgan fingerprint density at radius 3 is 2.69 bits per heavy atom. The lowest BCUT2D eigenvalue weighted by molar-refractivity contribution is 0.300. The molecule has 0 atom stereocenters. The standard InChI is InChI=1S/C13H21N3/c1-10-2-4-11(5-3-10)8-15-12-6-7-13(14)16-9-12/h6-7,9-11,15H,2-5,8H2,1H3,(H2,14,16). The fraction of sp³-hybridized carbons (Fsp3) is 0.615. The molecule has 0 aliphatic heterocycles. The lowest BCUT2D eigenvalue weighted by atomic mass is 9.83. The van der Waals surface area contributed by atoms with Gasteiger partial charge >= 0.3 is 0 Å². The molecule has 0 radical (unpaired) electrons. The minimum Gasteiger partial charge on any atom is -0.384 e. The summed E-state index contributed by atoms with van der Waals surface area (Å²) in [4.78, 5) is 4.07. The van der Waals surface area contributed by atoms with E-state index in [1.807, 2.05) is 12.1 Å². The number of aromatic nitrogens is 1. The first-order chi connectivity index (χ1) is 7.74. The van der Waals surface area contributed by atoms with Gasteiger partial charge in [-0.3, -0.25) is 0 Å². The maximum absolute atomic E-state index is 5.54. The van der Waals surface area contributed by atoms with Gasteiger partial charge in [-0.1, -0.05) is 19.8 Å². The van der Waals surface area contributed by atoms with Crippen LogP contribution >= 0.6 is 0 Å². The van der Waals surface area contributed by atoms with Crippen LogP contribution in [0.4, 0.5) is 11.5 Å². The number of rotatable bonds is 3. The molecule has 1 aliphatic carbocycles. The monoisotopic (exact) mass is 219 g/mol. The first-order valence-corrected chi connectivity index (χ1v) is 6.19. The minimum absolute atomic E-state index is 0.581. The number of nitrogens with zero attached hydrogens (tertiary/aromatic N) is 1. The van der Waals surface area contributed by atoms with Crippen molar-refractivity contribution in [3.8, 4) is 0 Å². The lowest BCUT2D eigenvalue weighted by Crippen LogP contribution is -2.20. The normalized spacial score (nSPS) is 25.3. The van der Waals surface area contributed by atoms with Crippen LogP contribution in [0.15, 0.2) is 18.3 Å². The number of nitrogen functional groups attached to an aromatic ring is 1. The number of anilines is 2. The molecule has 0 amide bonds. The van der Waals surface area contributed by atoms with Crippen molar-refractivity contribution in [1.82, 2.24) is 4.98 Å². The summed E-state index contributed by atoms with van der Waals surface area (Å²) in [5.41, 5.74) is 6.62. The van der Waals surface area contributed by atoms with E-state index in [4.69, 9.17) is 5.73 Å². The number of hydrogen-bond donors (Lipinski definition) is 2. The molecule has 0 spiro atoms. The third-order valence-corrected chi connectivity index (χ3v) is 3.52. The van der Waals surface area contributed by atoms with Gasteiger partial charge < -0.3 is 11.1 Å². The first-order valence-electron chi connectivity index (χ1n) is 6.19. The van der Waals surface area contributed by atoms with Crippen molar-refractivity contribution >= 4 is 11.5 Å². The highest BCUT2D eigenvalue weighted by molar-refractivity contribution is 5.45. The Labute approximate surface area is 97.5 Å². The molecule has 0 aromatic carbocycles. The van der Waals surface area contributed by atoms with Crippen LogP contribution in [0, 0.1) is 11.8 Å². The summed E-state index contributed by atoms with van der Waals surface area (Å²) in [7, 11) is 0. The van der Waals surface area contributed by atoms with Crippen LogP contribution in [0.3, 0.4) is 0 Å². The molecule has 0 bridgehead atoms. The number of pyridine rings is 1. The fourth-order valence-electron chi connectivity index (χ4n) is 2.31. The van der Waals surface area contributed by atoms with E-state index in [1.54, 1.807) is 6.20 Å². The Bertz CT molecular complexity index is 312. The molecule has 0 unspecified atom stereocenters. The maximum atomic E-state index is 5.54. The number of hydrogen-bond acceptors (Lipinski definition) is 3. The maximum Gasteiger partial charge on any atom is 0.123 e. The van der Waals surface area contributed by atoms with E-state index in [1.165, 1.54) is 25.7 Å². The summed E-state index contributed by atoms with van der Waals surface area (Å²) in [6.07, 6.45) is 7.28. The smallest absolute Gasteiger partial charge is 0.123 e. The third kappa shape index (κ3) is 3.12. The predicted octanol–water partition coefficient (Wildman–Crippen LogP) is 2.90. The van der Waals surface area contributed by atoms with Gasteiger partial charge in [0, 0.05) is 6.54 Å². The van der Waals surface area contributed by atoms with Crippen LogP contribution in [0.25, 0.3) is 0 Å². The average Bonchev–Trinajstić information content (AvgIpc) is 2.30. The summed E-state index contributed by atoms with van der Waals surface area (Å²) in [6.45, 7) is 3.42. The summed E-state index contributed by atoms with van der Waals surface area (Å²) >= 11 is 0. The van der Waals surface area contributed by atoms with Gasteiger partial charge in [-0.2, -0.15) is 0 Å². The van der Waals surface area contributed by atoms with Crippen molar-refractivity contribution in [2.45, 2.75) is 32.6 Å². The molecule has 88 valence electrons. The minimum atomic E-state index is 0.581. The zero-order valence-corrected chi connectivity index (χ0v) is 9.95. The zero-order chi connectivity index (χ0) is 11.4. The van der Waals surface area contributed by atoms with E-state index in [2.05, 4.69) is 17.2 Å². The van der Waals surface area contributed by atoms with Crippen LogP contribution in [-0.2, 0) is 0 Å². The topological polar surface area (TPSA) is 50.9 Å². The highest BCUT2D eigenvalue weighted by Gasteiger charge is 2.17. The first kappa shape index (κ1) is 11.2. The second kappa shape index (κ2) is 5.19. The highest BCUT2D eigenvalue weighted by Crippen LogP contribution is 2.28. The van der Waals surface area contributed by atoms with E-state index in [9.17, 15) is 0 Å². The molecule has 3 nitrogen and oxygen atoms in total. The van der Waals surface area contributed by atoms with Gasteiger partial charge in [-0.25, -0.2) is 4.98 Å². The molecule has 0 saturated heterocycles. The van der Waals surface area contributed by atoms with Crippen LogP contribution in [0.1, 0.15) is 32.6 Å². The van der Waals surface area contributed by atoms with Gasteiger partial charge in [-0.05, 0) is 36.8 Å². The van der Waals surface area contributed by atoms with Crippen molar-refractivity contribution in [2.75, 3.05) is 17.6 Å². The van der Waals surface area contributed by atoms with Gasteiger partial charge in [0.05, 0.1) is 11.9 Å². The fourth-order valence-corrected chi connectivity index (χ4v) is 2.31. The molecule has 1 aromatic rings. The van der Waals surface area contributed by atoms with Crippen molar-refractivity contribution in [2.24, 2.45) is 11.8 Å². The second-order valence-corrected chi connectivity index (χ2v) is 4.98. The SMILES string of the molecule is CC1CCC(CNc2ccc(N)nc2)CC1. The summed E-state index contributed by atoms with van der Waals surface area (Å²) < 4.78 is 0. The number of nitrogens with one attached hydrogen (secondary N) is 1. The summed E-state index contributed by atoms with van der Waals surface area (Å²) in [5, 5.41) is 3.44. The average molecular weight is 219 g/mol.